The SMILES string of the molecule is O=C(NCCCN1CCC(Cc2ccccc2)CC1)c1ccc2nc(Cc3ccccc3)oc2c1. The molecule has 5 rings (SSSR count). The Morgan fingerprint density at radius 1 is 0.943 bits per heavy atom. The summed E-state index contributed by atoms with van der Waals surface area (Å²) in [5.74, 6) is 1.39. The van der Waals surface area contributed by atoms with Gasteiger partial charge in [-0.25, -0.2) is 4.98 Å². The van der Waals surface area contributed by atoms with E-state index in [0.717, 1.165) is 43.1 Å². The van der Waals surface area contributed by atoms with Crippen molar-refractivity contribution in [2.75, 3.05) is 26.2 Å². The van der Waals surface area contributed by atoms with Crippen molar-refractivity contribution >= 4 is 17.0 Å². The third-order valence-corrected chi connectivity index (χ3v) is 6.90. The number of nitrogens with one attached hydrogen (secondary N) is 1. The molecule has 5 nitrogen and oxygen atoms in total. The molecule has 0 radical (unpaired) electrons. The molecule has 1 aliphatic rings. The molecular formula is C30H33N3O2. The van der Waals surface area contributed by atoms with Gasteiger partial charge in [-0.15, -0.1) is 0 Å². The number of nitrogens with zero attached hydrogens (tertiary/aromatic N) is 2. The van der Waals surface area contributed by atoms with Crippen LogP contribution in [0.2, 0.25) is 0 Å². The third kappa shape index (κ3) is 6.37. The standard InChI is InChI=1S/C30H33N3O2/c34-30(26-12-13-27-28(22-26)35-29(32-27)21-24-10-5-2-6-11-24)31-16-7-17-33-18-14-25(15-19-33)20-23-8-3-1-4-9-23/h1-6,8-13,22,25H,7,14-21H2,(H,31,34). The third-order valence-electron chi connectivity index (χ3n) is 6.90. The molecule has 4 aromatic rings. The number of amides is 1. The highest BCUT2D eigenvalue weighted by atomic mass is 16.3. The van der Waals surface area contributed by atoms with E-state index in [0.29, 0.717) is 30.0 Å². The predicted octanol–water partition coefficient (Wildman–Crippen LogP) is 5.49. The van der Waals surface area contributed by atoms with Crippen molar-refractivity contribution in [2.45, 2.75) is 32.1 Å². The molecule has 180 valence electrons. The molecule has 1 amide bonds. The van der Waals surface area contributed by atoms with E-state index in [9.17, 15) is 4.79 Å². The summed E-state index contributed by atoms with van der Waals surface area (Å²) in [6, 6.07) is 26.4. The zero-order valence-electron chi connectivity index (χ0n) is 20.2. The summed E-state index contributed by atoms with van der Waals surface area (Å²) < 4.78 is 5.92. The average molecular weight is 468 g/mol. The lowest BCUT2D eigenvalue weighted by Gasteiger charge is -2.32. The van der Waals surface area contributed by atoms with Gasteiger partial charge < -0.3 is 14.6 Å². The van der Waals surface area contributed by atoms with Crippen molar-refractivity contribution < 1.29 is 9.21 Å². The molecule has 1 aliphatic heterocycles. The molecule has 0 saturated carbocycles. The normalized spacial score (nSPS) is 14.9. The maximum absolute atomic E-state index is 12.7. The van der Waals surface area contributed by atoms with Crippen LogP contribution in [0.5, 0.6) is 0 Å². The fourth-order valence-corrected chi connectivity index (χ4v) is 4.93. The van der Waals surface area contributed by atoms with Gasteiger partial charge in [0.2, 0.25) is 0 Å². The van der Waals surface area contributed by atoms with Crippen LogP contribution in [0, 0.1) is 5.92 Å². The van der Waals surface area contributed by atoms with Crippen LogP contribution in [0.25, 0.3) is 11.1 Å². The number of likely N-dealkylation sites (tertiary alicyclic amines) is 1. The lowest BCUT2D eigenvalue weighted by atomic mass is 9.90. The molecule has 1 saturated heterocycles. The topological polar surface area (TPSA) is 58.4 Å². The van der Waals surface area contributed by atoms with Crippen molar-refractivity contribution in [3.05, 3.63) is 101 Å². The van der Waals surface area contributed by atoms with Crippen LogP contribution in [0.3, 0.4) is 0 Å². The fourth-order valence-electron chi connectivity index (χ4n) is 4.93. The van der Waals surface area contributed by atoms with Crippen LogP contribution >= 0.6 is 0 Å². The quantitative estimate of drug-likeness (QED) is 0.331. The summed E-state index contributed by atoms with van der Waals surface area (Å²) in [6.07, 6.45) is 5.30. The minimum absolute atomic E-state index is 0.0607. The zero-order valence-corrected chi connectivity index (χ0v) is 20.2. The molecule has 0 aliphatic carbocycles. The Morgan fingerprint density at radius 3 is 2.40 bits per heavy atom. The Kier molecular flexibility index (Phi) is 7.54. The summed E-state index contributed by atoms with van der Waals surface area (Å²) in [5.41, 5.74) is 4.65. The number of aromatic nitrogens is 1. The Morgan fingerprint density at radius 2 is 1.66 bits per heavy atom. The van der Waals surface area contributed by atoms with Crippen LogP contribution in [-0.4, -0.2) is 42.0 Å². The van der Waals surface area contributed by atoms with Crippen molar-refractivity contribution in [3.8, 4) is 0 Å². The van der Waals surface area contributed by atoms with Gasteiger partial charge in [0.15, 0.2) is 11.5 Å². The van der Waals surface area contributed by atoms with Gasteiger partial charge in [-0.3, -0.25) is 4.79 Å². The number of piperidine rings is 1. The molecule has 35 heavy (non-hydrogen) atoms. The molecule has 3 aromatic carbocycles. The first-order chi connectivity index (χ1) is 17.2. The van der Waals surface area contributed by atoms with Gasteiger partial charge in [-0.1, -0.05) is 60.7 Å². The Bertz CT molecular complexity index is 1230. The first-order valence-electron chi connectivity index (χ1n) is 12.7. The molecule has 1 aromatic heterocycles. The monoisotopic (exact) mass is 467 g/mol. The maximum atomic E-state index is 12.7. The van der Waals surface area contributed by atoms with E-state index >= 15 is 0 Å². The van der Waals surface area contributed by atoms with Crippen LogP contribution in [-0.2, 0) is 12.8 Å². The summed E-state index contributed by atoms with van der Waals surface area (Å²) in [6.45, 7) is 4.01. The fraction of sp³-hybridized carbons (Fsp3) is 0.333. The number of fused-ring (bicyclic) bond motifs is 1. The molecular weight excluding hydrogens is 434 g/mol. The van der Waals surface area contributed by atoms with E-state index in [1.54, 1.807) is 6.07 Å². The number of carbonyl (C=O) groups excluding carboxylic acids is 1. The highest BCUT2D eigenvalue weighted by Gasteiger charge is 2.19. The number of carbonyl (C=O) groups is 1. The summed E-state index contributed by atoms with van der Waals surface area (Å²) in [7, 11) is 0. The summed E-state index contributed by atoms with van der Waals surface area (Å²) >= 11 is 0. The average Bonchev–Trinajstić information content (AvgIpc) is 3.30. The highest BCUT2D eigenvalue weighted by Crippen LogP contribution is 2.22. The van der Waals surface area contributed by atoms with E-state index < -0.39 is 0 Å². The van der Waals surface area contributed by atoms with Gasteiger partial charge >= 0.3 is 0 Å². The van der Waals surface area contributed by atoms with Crippen molar-refractivity contribution in [1.29, 1.82) is 0 Å². The molecule has 0 atom stereocenters. The molecule has 0 spiro atoms. The molecule has 0 unspecified atom stereocenters. The number of benzene rings is 3. The highest BCUT2D eigenvalue weighted by molar-refractivity contribution is 5.97. The first-order valence-corrected chi connectivity index (χ1v) is 12.7. The van der Waals surface area contributed by atoms with Crippen molar-refractivity contribution in [3.63, 3.8) is 0 Å². The molecule has 1 N–H and O–H groups in total. The summed E-state index contributed by atoms with van der Waals surface area (Å²) in [5, 5.41) is 3.06. The second-order valence-corrected chi connectivity index (χ2v) is 9.54. The first kappa shape index (κ1) is 23.3. The minimum Gasteiger partial charge on any atom is -0.440 e. The van der Waals surface area contributed by atoms with Crippen LogP contribution in [0.4, 0.5) is 0 Å². The van der Waals surface area contributed by atoms with E-state index in [1.807, 2.05) is 30.3 Å². The lowest BCUT2D eigenvalue weighted by molar-refractivity contribution is 0.0950. The van der Waals surface area contributed by atoms with Gasteiger partial charge in [-0.2, -0.15) is 0 Å². The number of oxazole rings is 1. The zero-order chi connectivity index (χ0) is 23.9. The maximum Gasteiger partial charge on any atom is 0.251 e. The van der Waals surface area contributed by atoms with Gasteiger partial charge in [-0.05, 0) is 80.6 Å². The Hall–Kier alpha value is -3.44. The van der Waals surface area contributed by atoms with E-state index in [2.05, 4.69) is 57.7 Å². The molecule has 0 bridgehead atoms. The van der Waals surface area contributed by atoms with E-state index in [4.69, 9.17) is 4.42 Å². The molecule has 1 fully saturated rings. The van der Waals surface area contributed by atoms with Gasteiger partial charge in [0.05, 0.1) is 0 Å². The van der Waals surface area contributed by atoms with E-state index in [-0.39, 0.29) is 5.91 Å². The Balaban J connectivity index is 1.05. The lowest BCUT2D eigenvalue weighted by Crippen LogP contribution is -2.36. The second-order valence-electron chi connectivity index (χ2n) is 9.54. The minimum atomic E-state index is -0.0607. The largest absolute Gasteiger partial charge is 0.440 e. The number of rotatable bonds is 9. The van der Waals surface area contributed by atoms with Crippen LogP contribution in [0.15, 0.2) is 83.3 Å². The predicted molar refractivity (Wildman–Crippen MR) is 140 cm³/mol. The number of hydrogen-bond acceptors (Lipinski definition) is 4. The molecule has 2 heterocycles. The van der Waals surface area contributed by atoms with Crippen molar-refractivity contribution in [1.82, 2.24) is 15.2 Å². The summed E-state index contributed by atoms with van der Waals surface area (Å²) in [4.78, 5) is 19.8. The van der Waals surface area contributed by atoms with Gasteiger partial charge in [0, 0.05) is 18.5 Å². The smallest absolute Gasteiger partial charge is 0.251 e. The van der Waals surface area contributed by atoms with Crippen molar-refractivity contribution in [2.24, 2.45) is 5.92 Å². The number of hydrogen-bond donors (Lipinski definition) is 1. The molecule has 5 heteroatoms. The van der Waals surface area contributed by atoms with E-state index in [1.165, 1.54) is 24.8 Å². The Labute approximate surface area is 207 Å². The van der Waals surface area contributed by atoms with Crippen LogP contribution < -0.4 is 5.32 Å². The van der Waals surface area contributed by atoms with Gasteiger partial charge in [0.1, 0.15) is 5.52 Å². The van der Waals surface area contributed by atoms with Gasteiger partial charge in [0.25, 0.3) is 5.91 Å². The second kappa shape index (κ2) is 11.3. The van der Waals surface area contributed by atoms with Crippen LogP contribution in [0.1, 0.15) is 46.6 Å².